The highest BCUT2D eigenvalue weighted by Gasteiger charge is 2.37. The van der Waals surface area contributed by atoms with E-state index in [1.54, 1.807) is 40.8 Å². The average Bonchev–Trinajstić information content (AvgIpc) is 3.36. The molecule has 138 valence electrons. The molecule has 2 aliphatic rings. The van der Waals surface area contributed by atoms with Crippen molar-refractivity contribution < 1.29 is 14.1 Å². The van der Waals surface area contributed by atoms with E-state index in [0.29, 0.717) is 37.8 Å². The first-order valence-electron chi connectivity index (χ1n) is 8.67. The van der Waals surface area contributed by atoms with Crippen molar-refractivity contribution in [3.8, 4) is 0 Å². The number of amides is 3. The molecule has 2 aromatic rings. The Kier molecular flexibility index (Phi) is 4.09. The lowest BCUT2D eigenvalue weighted by Gasteiger charge is -2.20. The van der Waals surface area contributed by atoms with Gasteiger partial charge in [-0.25, -0.2) is 4.79 Å². The first-order valence-corrected chi connectivity index (χ1v) is 8.67. The smallest absolute Gasteiger partial charge is 0.318 e. The summed E-state index contributed by atoms with van der Waals surface area (Å²) in [7, 11) is 1.80. The van der Waals surface area contributed by atoms with Crippen molar-refractivity contribution in [1.82, 2.24) is 30.1 Å². The van der Waals surface area contributed by atoms with Crippen LogP contribution in [0.25, 0.3) is 0 Å². The number of aryl methyl sites for hydroxylation is 2. The molecule has 0 saturated carbocycles. The molecule has 2 aromatic heterocycles. The van der Waals surface area contributed by atoms with E-state index in [2.05, 4.69) is 20.6 Å². The molecule has 10 nitrogen and oxygen atoms in total. The zero-order chi connectivity index (χ0) is 18.3. The lowest BCUT2D eigenvalue weighted by atomic mass is 10.1. The summed E-state index contributed by atoms with van der Waals surface area (Å²) >= 11 is 0. The predicted octanol–water partition coefficient (Wildman–Crippen LogP) is 0.416. The van der Waals surface area contributed by atoms with E-state index in [9.17, 15) is 9.59 Å². The highest BCUT2D eigenvalue weighted by Crippen LogP contribution is 2.26. The first-order chi connectivity index (χ1) is 12.5. The third-order valence-corrected chi connectivity index (χ3v) is 4.87. The molecule has 0 aliphatic carbocycles. The van der Waals surface area contributed by atoms with Crippen molar-refractivity contribution in [1.29, 1.82) is 0 Å². The molecule has 0 radical (unpaired) electrons. The van der Waals surface area contributed by atoms with Crippen molar-refractivity contribution in [2.24, 2.45) is 7.05 Å². The number of likely N-dealkylation sites (tertiary alicyclic amines) is 1. The summed E-state index contributed by atoms with van der Waals surface area (Å²) in [4.78, 5) is 32.7. The second-order valence-corrected chi connectivity index (χ2v) is 6.76. The molecule has 2 aliphatic heterocycles. The number of aromatic nitrogens is 4. The highest BCUT2D eigenvalue weighted by molar-refractivity contribution is 6.01. The van der Waals surface area contributed by atoms with Gasteiger partial charge in [0.15, 0.2) is 5.82 Å². The fraction of sp³-hybridized carbons (Fsp3) is 0.562. The standard InChI is InChI=1S/C16H21N7O3/c1-10-18-14(26-20-10)11-3-5-22(8-11)16(25)19-13-4-6-23(15(13)24)12-7-17-21(2)9-12/h7,9,11,13H,3-6,8H2,1-2H3,(H,19,25). The quantitative estimate of drug-likeness (QED) is 0.850. The molecule has 4 heterocycles. The van der Waals surface area contributed by atoms with E-state index < -0.39 is 6.04 Å². The van der Waals surface area contributed by atoms with Gasteiger partial charge < -0.3 is 19.6 Å². The van der Waals surface area contributed by atoms with Crippen LogP contribution in [0, 0.1) is 6.92 Å². The van der Waals surface area contributed by atoms with Gasteiger partial charge in [-0.05, 0) is 19.8 Å². The van der Waals surface area contributed by atoms with Gasteiger partial charge in [0.1, 0.15) is 6.04 Å². The number of rotatable bonds is 3. The van der Waals surface area contributed by atoms with Gasteiger partial charge in [-0.3, -0.25) is 9.48 Å². The van der Waals surface area contributed by atoms with E-state index in [1.165, 1.54) is 0 Å². The van der Waals surface area contributed by atoms with Crippen LogP contribution >= 0.6 is 0 Å². The summed E-state index contributed by atoms with van der Waals surface area (Å²) in [5, 5.41) is 10.7. The summed E-state index contributed by atoms with van der Waals surface area (Å²) < 4.78 is 6.85. The summed E-state index contributed by atoms with van der Waals surface area (Å²) in [6.45, 7) is 3.46. The summed E-state index contributed by atoms with van der Waals surface area (Å²) in [5.74, 6) is 1.11. The Morgan fingerprint density at radius 1 is 1.35 bits per heavy atom. The molecule has 2 saturated heterocycles. The number of hydrogen-bond donors (Lipinski definition) is 1. The van der Waals surface area contributed by atoms with Crippen LogP contribution in [-0.2, 0) is 11.8 Å². The fourth-order valence-electron chi connectivity index (χ4n) is 3.48. The van der Waals surface area contributed by atoms with E-state index in [4.69, 9.17) is 4.52 Å². The monoisotopic (exact) mass is 359 g/mol. The molecule has 2 fully saturated rings. The minimum absolute atomic E-state index is 0.0492. The Balaban J connectivity index is 1.34. The maximum absolute atomic E-state index is 12.6. The molecule has 10 heteroatoms. The van der Waals surface area contributed by atoms with Gasteiger partial charge in [-0.1, -0.05) is 5.16 Å². The van der Waals surface area contributed by atoms with Gasteiger partial charge in [0.25, 0.3) is 0 Å². The van der Waals surface area contributed by atoms with Crippen molar-refractivity contribution in [3.63, 3.8) is 0 Å². The van der Waals surface area contributed by atoms with Crippen LogP contribution < -0.4 is 10.2 Å². The third-order valence-electron chi connectivity index (χ3n) is 4.87. The fourth-order valence-corrected chi connectivity index (χ4v) is 3.48. The van der Waals surface area contributed by atoms with E-state index in [-0.39, 0.29) is 17.9 Å². The zero-order valence-electron chi connectivity index (χ0n) is 14.8. The summed E-state index contributed by atoms with van der Waals surface area (Å²) in [6.07, 6.45) is 4.80. The average molecular weight is 359 g/mol. The van der Waals surface area contributed by atoms with Crippen LogP contribution in [0.5, 0.6) is 0 Å². The van der Waals surface area contributed by atoms with Crippen molar-refractivity contribution in [2.45, 2.75) is 31.7 Å². The maximum Gasteiger partial charge on any atom is 0.318 e. The molecule has 26 heavy (non-hydrogen) atoms. The van der Waals surface area contributed by atoms with E-state index in [0.717, 1.165) is 12.1 Å². The Morgan fingerprint density at radius 2 is 2.19 bits per heavy atom. The topological polar surface area (TPSA) is 109 Å². The lowest BCUT2D eigenvalue weighted by molar-refractivity contribution is -0.118. The zero-order valence-corrected chi connectivity index (χ0v) is 14.8. The van der Waals surface area contributed by atoms with Crippen LogP contribution in [0.4, 0.5) is 10.5 Å². The molecule has 0 aromatic carbocycles. The Morgan fingerprint density at radius 3 is 2.88 bits per heavy atom. The predicted molar refractivity (Wildman–Crippen MR) is 90.5 cm³/mol. The van der Waals surface area contributed by atoms with E-state index >= 15 is 0 Å². The minimum atomic E-state index is -0.507. The lowest BCUT2D eigenvalue weighted by Crippen LogP contribution is -2.47. The Labute approximate surface area is 150 Å². The van der Waals surface area contributed by atoms with Crippen LogP contribution in [0.3, 0.4) is 0 Å². The number of carbonyl (C=O) groups is 2. The maximum atomic E-state index is 12.6. The number of carbonyl (C=O) groups excluding carboxylic acids is 2. The van der Waals surface area contributed by atoms with Crippen LogP contribution in [0.15, 0.2) is 16.9 Å². The molecule has 0 spiro atoms. The normalized spacial score (nSPS) is 23.1. The second-order valence-electron chi connectivity index (χ2n) is 6.76. The SMILES string of the molecule is Cc1noc(C2CCN(C(=O)NC3CCN(c4cnn(C)c4)C3=O)C2)n1. The molecule has 2 unspecified atom stereocenters. The molecular formula is C16H21N7O3. The minimum Gasteiger partial charge on any atom is -0.339 e. The molecule has 0 bridgehead atoms. The van der Waals surface area contributed by atoms with Crippen molar-refractivity contribution in [2.75, 3.05) is 24.5 Å². The van der Waals surface area contributed by atoms with Crippen LogP contribution in [0.2, 0.25) is 0 Å². The summed E-state index contributed by atoms with van der Waals surface area (Å²) in [6, 6.07) is -0.734. The number of hydrogen-bond acceptors (Lipinski definition) is 6. The van der Waals surface area contributed by atoms with Crippen molar-refractivity contribution in [3.05, 3.63) is 24.1 Å². The van der Waals surface area contributed by atoms with Gasteiger partial charge in [0.2, 0.25) is 11.8 Å². The number of nitrogens with one attached hydrogen (secondary N) is 1. The number of anilines is 1. The highest BCUT2D eigenvalue weighted by atomic mass is 16.5. The largest absolute Gasteiger partial charge is 0.339 e. The molecule has 2 atom stereocenters. The third kappa shape index (κ3) is 3.02. The molecule has 1 N–H and O–H groups in total. The number of urea groups is 1. The van der Waals surface area contributed by atoms with Gasteiger partial charge in [0, 0.05) is 32.9 Å². The van der Waals surface area contributed by atoms with Crippen molar-refractivity contribution >= 4 is 17.6 Å². The van der Waals surface area contributed by atoms with Crippen LogP contribution in [0.1, 0.15) is 30.5 Å². The summed E-state index contributed by atoms with van der Waals surface area (Å²) in [5.41, 5.74) is 0.752. The van der Waals surface area contributed by atoms with Gasteiger partial charge in [0.05, 0.1) is 17.8 Å². The van der Waals surface area contributed by atoms with Gasteiger partial charge in [-0.15, -0.1) is 0 Å². The first kappa shape index (κ1) is 16.6. The molecular weight excluding hydrogens is 338 g/mol. The van der Waals surface area contributed by atoms with Gasteiger partial charge >= 0.3 is 6.03 Å². The second kappa shape index (κ2) is 6.43. The Bertz CT molecular complexity index is 829. The van der Waals surface area contributed by atoms with Gasteiger partial charge in [-0.2, -0.15) is 10.1 Å². The Hall–Kier alpha value is -2.91. The number of nitrogens with zero attached hydrogens (tertiary/aromatic N) is 6. The molecule has 3 amide bonds. The van der Waals surface area contributed by atoms with Crippen LogP contribution in [-0.4, -0.2) is 62.4 Å². The molecule has 4 rings (SSSR count). The van der Waals surface area contributed by atoms with E-state index in [1.807, 2.05) is 0 Å².